The van der Waals surface area contributed by atoms with Crippen LogP contribution in [0.3, 0.4) is 0 Å². The first-order valence-electron chi connectivity index (χ1n) is 7.95. The van der Waals surface area contributed by atoms with E-state index in [9.17, 15) is 4.79 Å². The van der Waals surface area contributed by atoms with Crippen LogP contribution in [-0.2, 0) is 16.6 Å². The Hall–Kier alpha value is -1.25. The SMILES string of the molecule is Cc1[nH]c(C23CC4CC(CC(C4)C2)C3)cc1CC(=O)O. The molecule has 1 aromatic rings. The fourth-order valence-corrected chi connectivity index (χ4v) is 5.67. The lowest BCUT2D eigenvalue weighted by Gasteiger charge is -2.56. The first-order valence-corrected chi connectivity index (χ1v) is 7.95. The number of aromatic amines is 1. The Bertz CT molecular complexity index is 522. The van der Waals surface area contributed by atoms with Gasteiger partial charge in [0.2, 0.25) is 0 Å². The molecule has 0 unspecified atom stereocenters. The van der Waals surface area contributed by atoms with Crippen molar-refractivity contribution < 1.29 is 9.90 Å². The molecule has 1 aromatic heterocycles. The van der Waals surface area contributed by atoms with Gasteiger partial charge in [-0.05, 0) is 74.8 Å². The summed E-state index contributed by atoms with van der Waals surface area (Å²) >= 11 is 0. The molecule has 0 aliphatic heterocycles. The molecule has 1 heterocycles. The average molecular weight is 273 g/mol. The summed E-state index contributed by atoms with van der Waals surface area (Å²) in [5, 5.41) is 9.02. The highest BCUT2D eigenvalue weighted by Gasteiger charge is 2.52. The van der Waals surface area contributed by atoms with Crippen LogP contribution in [0.4, 0.5) is 0 Å². The van der Waals surface area contributed by atoms with Gasteiger partial charge in [0.05, 0.1) is 6.42 Å². The van der Waals surface area contributed by atoms with Crippen molar-refractivity contribution in [2.24, 2.45) is 17.8 Å². The van der Waals surface area contributed by atoms with E-state index in [1.165, 1.54) is 44.2 Å². The van der Waals surface area contributed by atoms with Gasteiger partial charge in [0.1, 0.15) is 0 Å². The Morgan fingerprint density at radius 3 is 2.30 bits per heavy atom. The van der Waals surface area contributed by atoms with E-state index in [2.05, 4.69) is 11.1 Å². The van der Waals surface area contributed by atoms with E-state index >= 15 is 0 Å². The van der Waals surface area contributed by atoms with Crippen molar-refractivity contribution in [3.63, 3.8) is 0 Å². The second kappa shape index (κ2) is 4.12. The number of aromatic nitrogens is 1. The molecule has 0 aromatic carbocycles. The summed E-state index contributed by atoms with van der Waals surface area (Å²) in [5.74, 6) is 2.04. The van der Waals surface area contributed by atoms with Gasteiger partial charge in [0, 0.05) is 16.8 Å². The van der Waals surface area contributed by atoms with Crippen molar-refractivity contribution in [2.45, 2.75) is 57.3 Å². The number of carbonyl (C=O) groups is 1. The number of carboxylic acid groups (broad SMARTS) is 1. The van der Waals surface area contributed by atoms with E-state index in [0.717, 1.165) is 29.0 Å². The molecule has 0 saturated heterocycles. The van der Waals surface area contributed by atoms with Gasteiger partial charge < -0.3 is 10.1 Å². The molecule has 4 aliphatic carbocycles. The maximum absolute atomic E-state index is 11.0. The normalized spacial score (nSPS) is 38.4. The van der Waals surface area contributed by atoms with Gasteiger partial charge in [-0.15, -0.1) is 0 Å². The molecule has 4 bridgehead atoms. The molecule has 20 heavy (non-hydrogen) atoms. The third kappa shape index (κ3) is 1.82. The standard InChI is InChI=1S/C17H23NO2/c1-10-14(6-16(19)20)5-15(18-10)17-7-11-2-12(8-17)4-13(3-11)9-17/h5,11-13,18H,2-4,6-9H2,1H3,(H,19,20). The van der Waals surface area contributed by atoms with Gasteiger partial charge in [-0.25, -0.2) is 0 Å². The zero-order valence-corrected chi connectivity index (χ0v) is 12.1. The van der Waals surface area contributed by atoms with E-state index in [1.807, 2.05) is 6.92 Å². The third-order valence-corrected chi connectivity index (χ3v) is 6.07. The number of H-pyrrole nitrogens is 1. The highest BCUT2D eigenvalue weighted by atomic mass is 16.4. The lowest BCUT2D eigenvalue weighted by molar-refractivity contribution is -0.136. The van der Waals surface area contributed by atoms with Gasteiger partial charge in [-0.3, -0.25) is 4.79 Å². The average Bonchev–Trinajstić information content (AvgIpc) is 2.69. The monoisotopic (exact) mass is 273 g/mol. The summed E-state index contributed by atoms with van der Waals surface area (Å²) in [6.45, 7) is 2.02. The summed E-state index contributed by atoms with van der Waals surface area (Å²) in [7, 11) is 0. The fourth-order valence-electron chi connectivity index (χ4n) is 5.67. The summed E-state index contributed by atoms with van der Waals surface area (Å²) in [6, 6.07) is 2.16. The zero-order valence-electron chi connectivity index (χ0n) is 12.1. The maximum Gasteiger partial charge on any atom is 0.307 e. The number of hydrogen-bond donors (Lipinski definition) is 2. The molecule has 0 radical (unpaired) electrons. The number of carboxylic acids is 1. The molecule has 0 amide bonds. The minimum Gasteiger partial charge on any atom is -0.481 e. The summed E-state index contributed by atoms with van der Waals surface area (Å²) in [5.41, 5.74) is 3.71. The molecule has 2 N–H and O–H groups in total. The molecule has 0 atom stereocenters. The van der Waals surface area contributed by atoms with Gasteiger partial charge >= 0.3 is 5.97 Å². The topological polar surface area (TPSA) is 53.1 Å². The van der Waals surface area contributed by atoms with Crippen LogP contribution in [0.15, 0.2) is 6.07 Å². The minimum atomic E-state index is -0.732. The van der Waals surface area contributed by atoms with E-state index in [-0.39, 0.29) is 6.42 Å². The Morgan fingerprint density at radius 1 is 1.25 bits per heavy atom. The summed E-state index contributed by atoms with van der Waals surface area (Å²) in [4.78, 5) is 14.5. The van der Waals surface area contributed by atoms with Gasteiger partial charge in [-0.1, -0.05) is 0 Å². The molecule has 5 rings (SSSR count). The Morgan fingerprint density at radius 2 is 1.80 bits per heavy atom. The third-order valence-electron chi connectivity index (χ3n) is 6.07. The number of rotatable bonds is 3. The van der Waals surface area contributed by atoms with Crippen molar-refractivity contribution in [1.29, 1.82) is 0 Å². The number of hydrogen-bond acceptors (Lipinski definition) is 1. The van der Waals surface area contributed by atoms with Crippen molar-refractivity contribution in [3.05, 3.63) is 23.0 Å². The molecule has 4 aliphatic rings. The second-order valence-corrected chi connectivity index (χ2v) is 7.60. The first-order chi connectivity index (χ1) is 9.54. The quantitative estimate of drug-likeness (QED) is 0.886. The van der Waals surface area contributed by atoms with Crippen molar-refractivity contribution >= 4 is 5.97 Å². The predicted molar refractivity (Wildman–Crippen MR) is 76.7 cm³/mol. The molecule has 108 valence electrons. The molecule has 4 fully saturated rings. The van der Waals surface area contributed by atoms with Crippen molar-refractivity contribution in [1.82, 2.24) is 4.98 Å². The van der Waals surface area contributed by atoms with Gasteiger partial charge in [0.15, 0.2) is 0 Å². The molecule has 3 nitrogen and oxygen atoms in total. The highest BCUT2D eigenvalue weighted by Crippen LogP contribution is 2.60. The van der Waals surface area contributed by atoms with Crippen LogP contribution in [-0.4, -0.2) is 16.1 Å². The fraction of sp³-hybridized carbons (Fsp3) is 0.706. The smallest absolute Gasteiger partial charge is 0.307 e. The van der Waals surface area contributed by atoms with Crippen LogP contribution in [0.25, 0.3) is 0 Å². The second-order valence-electron chi connectivity index (χ2n) is 7.60. The first kappa shape index (κ1) is 12.5. The van der Waals surface area contributed by atoms with Gasteiger partial charge in [0.25, 0.3) is 0 Å². The van der Waals surface area contributed by atoms with Crippen LogP contribution < -0.4 is 0 Å². The maximum atomic E-state index is 11.0. The van der Waals surface area contributed by atoms with E-state index in [1.54, 1.807) is 0 Å². The lowest BCUT2D eigenvalue weighted by atomic mass is 9.49. The number of aliphatic carboxylic acids is 1. The van der Waals surface area contributed by atoms with Gasteiger partial charge in [-0.2, -0.15) is 0 Å². The van der Waals surface area contributed by atoms with Crippen LogP contribution in [0, 0.1) is 24.7 Å². The Balaban J connectivity index is 1.68. The van der Waals surface area contributed by atoms with E-state index in [0.29, 0.717) is 5.41 Å². The van der Waals surface area contributed by atoms with E-state index < -0.39 is 5.97 Å². The van der Waals surface area contributed by atoms with Crippen LogP contribution in [0.2, 0.25) is 0 Å². The summed E-state index contributed by atoms with van der Waals surface area (Å²) < 4.78 is 0. The summed E-state index contributed by atoms with van der Waals surface area (Å²) in [6.07, 6.45) is 8.46. The molecule has 4 saturated carbocycles. The molecular weight excluding hydrogens is 250 g/mol. The van der Waals surface area contributed by atoms with Crippen LogP contribution in [0.5, 0.6) is 0 Å². The highest BCUT2D eigenvalue weighted by molar-refractivity contribution is 5.70. The van der Waals surface area contributed by atoms with Crippen molar-refractivity contribution in [2.75, 3.05) is 0 Å². The Kier molecular flexibility index (Phi) is 2.57. The lowest BCUT2D eigenvalue weighted by Crippen LogP contribution is -2.48. The predicted octanol–water partition coefficient (Wildman–Crippen LogP) is 3.42. The van der Waals surface area contributed by atoms with Crippen LogP contribution in [0.1, 0.15) is 55.5 Å². The molecular formula is C17H23NO2. The zero-order chi connectivity index (χ0) is 13.9. The molecule has 3 heteroatoms. The van der Waals surface area contributed by atoms with Crippen LogP contribution >= 0.6 is 0 Å². The minimum absolute atomic E-state index is 0.148. The largest absolute Gasteiger partial charge is 0.481 e. The molecule has 0 spiro atoms. The van der Waals surface area contributed by atoms with Crippen molar-refractivity contribution in [3.8, 4) is 0 Å². The van der Waals surface area contributed by atoms with E-state index in [4.69, 9.17) is 5.11 Å². The Labute approximate surface area is 119 Å². The number of aryl methyl sites for hydroxylation is 1. The number of nitrogens with one attached hydrogen (secondary N) is 1.